The molecule has 0 aliphatic rings. The quantitative estimate of drug-likeness (QED) is 0.848. The van der Waals surface area contributed by atoms with Crippen LogP contribution in [0.1, 0.15) is 22.9 Å². The number of hydrogen-bond donors (Lipinski definition) is 2. The predicted molar refractivity (Wildman–Crippen MR) is 65.7 cm³/mol. The molecular weight excluding hydrogens is 240 g/mol. The third kappa shape index (κ3) is 1.99. The highest BCUT2D eigenvalue weighted by molar-refractivity contribution is 6.30. The van der Waals surface area contributed by atoms with E-state index < -0.39 is 6.10 Å². The van der Waals surface area contributed by atoms with Crippen molar-refractivity contribution in [1.82, 2.24) is 14.8 Å². The van der Waals surface area contributed by atoms with Crippen LogP contribution in [0.2, 0.25) is 5.15 Å². The van der Waals surface area contributed by atoms with E-state index in [0.717, 1.165) is 0 Å². The number of nitrogens with zero attached hydrogens (tertiary/aromatic N) is 3. The molecule has 0 saturated carbocycles. The van der Waals surface area contributed by atoms with Gasteiger partial charge in [0.15, 0.2) is 0 Å². The zero-order chi connectivity index (χ0) is 12.6. The molecule has 0 amide bonds. The normalized spacial score (nSPS) is 12.7. The van der Waals surface area contributed by atoms with Gasteiger partial charge in [-0.05, 0) is 13.0 Å². The van der Waals surface area contributed by atoms with E-state index in [1.54, 1.807) is 32.3 Å². The second-order valence-electron chi connectivity index (χ2n) is 3.79. The second-order valence-corrected chi connectivity index (χ2v) is 4.15. The summed E-state index contributed by atoms with van der Waals surface area (Å²) in [5, 5.41) is 14.8. The molecule has 2 aromatic rings. The molecule has 2 rings (SSSR count). The Morgan fingerprint density at radius 1 is 1.53 bits per heavy atom. The van der Waals surface area contributed by atoms with Crippen molar-refractivity contribution in [2.24, 2.45) is 7.05 Å². The number of halogens is 1. The molecule has 0 aliphatic carbocycles. The molecule has 6 heteroatoms. The van der Waals surface area contributed by atoms with Gasteiger partial charge in [0, 0.05) is 24.4 Å². The van der Waals surface area contributed by atoms with Crippen molar-refractivity contribution in [3.8, 4) is 0 Å². The first-order valence-corrected chi connectivity index (χ1v) is 5.47. The third-order valence-electron chi connectivity index (χ3n) is 2.64. The molecule has 0 fully saturated rings. The van der Waals surface area contributed by atoms with Crippen molar-refractivity contribution in [3.05, 3.63) is 40.3 Å². The van der Waals surface area contributed by atoms with E-state index in [0.29, 0.717) is 27.8 Å². The summed E-state index contributed by atoms with van der Waals surface area (Å²) in [6.07, 6.45) is 0.661. The highest BCUT2D eigenvalue weighted by Crippen LogP contribution is 2.32. The first kappa shape index (κ1) is 11.9. The molecule has 0 saturated heterocycles. The van der Waals surface area contributed by atoms with Gasteiger partial charge in [0.1, 0.15) is 17.1 Å². The second kappa shape index (κ2) is 4.35. The molecule has 1 atom stereocenters. The molecule has 0 spiro atoms. The molecule has 0 radical (unpaired) electrons. The van der Waals surface area contributed by atoms with E-state index in [4.69, 9.17) is 17.3 Å². The smallest absolute Gasteiger partial charge is 0.133 e. The number of pyridine rings is 1. The summed E-state index contributed by atoms with van der Waals surface area (Å²) in [6, 6.07) is 3.43. The van der Waals surface area contributed by atoms with Gasteiger partial charge in [-0.25, -0.2) is 4.98 Å². The van der Waals surface area contributed by atoms with Crippen LogP contribution < -0.4 is 5.73 Å². The number of hydrogen-bond acceptors (Lipinski definition) is 4. The number of nitrogens with two attached hydrogens (primary N) is 1. The van der Waals surface area contributed by atoms with Crippen molar-refractivity contribution in [1.29, 1.82) is 0 Å². The Labute approximate surface area is 104 Å². The first-order valence-electron chi connectivity index (χ1n) is 5.09. The van der Waals surface area contributed by atoms with Gasteiger partial charge in [-0.3, -0.25) is 4.68 Å². The van der Waals surface area contributed by atoms with Crippen LogP contribution in [0.5, 0.6) is 0 Å². The lowest BCUT2D eigenvalue weighted by atomic mass is 10.0. The predicted octanol–water partition coefficient (Wildman–Crippen LogP) is 1.44. The average molecular weight is 253 g/mol. The maximum Gasteiger partial charge on any atom is 0.133 e. The Bertz CT molecular complexity index is 552. The van der Waals surface area contributed by atoms with E-state index in [1.807, 2.05) is 0 Å². The zero-order valence-corrected chi connectivity index (χ0v) is 10.3. The lowest BCUT2D eigenvalue weighted by molar-refractivity contribution is 0.220. The Kier molecular flexibility index (Phi) is 3.04. The highest BCUT2D eigenvalue weighted by atomic mass is 35.5. The summed E-state index contributed by atoms with van der Waals surface area (Å²) in [7, 11) is 1.72. The molecule has 17 heavy (non-hydrogen) atoms. The lowest BCUT2D eigenvalue weighted by Crippen LogP contribution is -2.06. The van der Waals surface area contributed by atoms with Crippen LogP contribution in [-0.4, -0.2) is 19.9 Å². The fourth-order valence-corrected chi connectivity index (χ4v) is 2.05. The number of aliphatic hydroxyl groups is 1. The van der Waals surface area contributed by atoms with E-state index in [2.05, 4.69) is 10.1 Å². The molecule has 5 nitrogen and oxygen atoms in total. The van der Waals surface area contributed by atoms with Crippen LogP contribution in [0.15, 0.2) is 18.3 Å². The minimum atomic E-state index is -0.912. The largest absolute Gasteiger partial charge is 0.383 e. The number of rotatable bonds is 2. The summed E-state index contributed by atoms with van der Waals surface area (Å²) in [5.41, 5.74) is 7.50. The fourth-order valence-electron chi connectivity index (χ4n) is 1.77. The highest BCUT2D eigenvalue weighted by Gasteiger charge is 2.22. The molecule has 0 bridgehead atoms. The van der Waals surface area contributed by atoms with Gasteiger partial charge in [-0.15, -0.1) is 0 Å². The SMILES string of the molecule is Cc1nn(C)c(Cl)c1C(O)c1cccnc1N. The maximum absolute atomic E-state index is 10.3. The molecule has 3 N–H and O–H groups in total. The lowest BCUT2D eigenvalue weighted by Gasteiger charge is -2.12. The first-order chi connectivity index (χ1) is 8.02. The van der Waals surface area contributed by atoms with Gasteiger partial charge < -0.3 is 10.8 Å². The Balaban J connectivity index is 2.51. The minimum Gasteiger partial charge on any atom is -0.383 e. The van der Waals surface area contributed by atoms with E-state index in [9.17, 15) is 5.11 Å². The molecule has 2 heterocycles. The summed E-state index contributed by atoms with van der Waals surface area (Å²) in [5.74, 6) is 0.291. The summed E-state index contributed by atoms with van der Waals surface area (Å²) >= 11 is 6.09. The van der Waals surface area contributed by atoms with E-state index >= 15 is 0 Å². The molecule has 2 aromatic heterocycles. The van der Waals surface area contributed by atoms with Gasteiger partial charge in [0.05, 0.1) is 5.69 Å². The summed E-state index contributed by atoms with van der Waals surface area (Å²) < 4.78 is 1.52. The van der Waals surface area contributed by atoms with Gasteiger partial charge in [-0.1, -0.05) is 17.7 Å². The molecular formula is C11H13ClN4O. The summed E-state index contributed by atoms with van der Waals surface area (Å²) in [6.45, 7) is 1.79. The van der Waals surface area contributed by atoms with Crippen LogP contribution in [0.25, 0.3) is 0 Å². The van der Waals surface area contributed by atoms with Gasteiger partial charge in [0.2, 0.25) is 0 Å². The van der Waals surface area contributed by atoms with Crippen molar-refractivity contribution < 1.29 is 5.11 Å². The molecule has 0 aromatic carbocycles. The minimum absolute atomic E-state index is 0.291. The van der Waals surface area contributed by atoms with Crippen LogP contribution in [0.3, 0.4) is 0 Å². The molecule has 1 unspecified atom stereocenters. The van der Waals surface area contributed by atoms with Crippen LogP contribution in [-0.2, 0) is 7.05 Å². The number of anilines is 1. The van der Waals surface area contributed by atoms with Gasteiger partial charge in [0.25, 0.3) is 0 Å². The standard InChI is InChI=1S/C11H13ClN4O/c1-6-8(10(12)16(2)15-6)9(17)7-4-3-5-14-11(7)13/h3-5,9,17H,1-2H3,(H2,13,14). The van der Waals surface area contributed by atoms with Crippen molar-refractivity contribution >= 4 is 17.4 Å². The van der Waals surface area contributed by atoms with E-state index in [1.165, 1.54) is 4.68 Å². The molecule has 90 valence electrons. The topological polar surface area (TPSA) is 77.0 Å². The van der Waals surface area contributed by atoms with Crippen LogP contribution >= 0.6 is 11.6 Å². The van der Waals surface area contributed by atoms with E-state index in [-0.39, 0.29) is 0 Å². The maximum atomic E-state index is 10.3. The number of nitrogen functional groups attached to an aromatic ring is 1. The number of aliphatic hydroxyl groups excluding tert-OH is 1. The van der Waals surface area contributed by atoms with Crippen molar-refractivity contribution in [2.75, 3.05) is 5.73 Å². The number of aryl methyl sites for hydroxylation is 2. The fraction of sp³-hybridized carbons (Fsp3) is 0.273. The van der Waals surface area contributed by atoms with Gasteiger partial charge in [-0.2, -0.15) is 5.10 Å². The van der Waals surface area contributed by atoms with Crippen molar-refractivity contribution in [2.45, 2.75) is 13.0 Å². The third-order valence-corrected chi connectivity index (χ3v) is 3.08. The zero-order valence-electron chi connectivity index (χ0n) is 9.55. The average Bonchev–Trinajstić information content (AvgIpc) is 2.53. The Morgan fingerprint density at radius 2 is 2.24 bits per heavy atom. The summed E-state index contributed by atoms with van der Waals surface area (Å²) in [4.78, 5) is 3.94. The Morgan fingerprint density at radius 3 is 2.76 bits per heavy atom. The van der Waals surface area contributed by atoms with Crippen LogP contribution in [0.4, 0.5) is 5.82 Å². The number of aromatic nitrogens is 3. The Hall–Kier alpha value is -1.59. The molecule has 0 aliphatic heterocycles. The van der Waals surface area contributed by atoms with Crippen LogP contribution in [0, 0.1) is 6.92 Å². The van der Waals surface area contributed by atoms with Crippen molar-refractivity contribution in [3.63, 3.8) is 0 Å². The van der Waals surface area contributed by atoms with Gasteiger partial charge >= 0.3 is 0 Å². The monoisotopic (exact) mass is 252 g/mol.